The Kier molecular flexibility index (Phi) is 5.86. The SMILES string of the molecule is CCN(CCNS(=O)(=O)c1ccc(Cl)s1)c1cccc(C)c1. The Morgan fingerprint density at radius 1 is 1.27 bits per heavy atom. The van der Waals surface area contributed by atoms with E-state index < -0.39 is 10.0 Å². The third kappa shape index (κ3) is 4.46. The molecule has 2 aromatic rings. The predicted molar refractivity (Wildman–Crippen MR) is 93.6 cm³/mol. The smallest absolute Gasteiger partial charge is 0.250 e. The Balaban J connectivity index is 1.97. The molecule has 0 amide bonds. The summed E-state index contributed by atoms with van der Waals surface area (Å²) in [5, 5.41) is 0. The molecule has 22 heavy (non-hydrogen) atoms. The van der Waals surface area contributed by atoms with Crippen LogP contribution < -0.4 is 9.62 Å². The molecule has 0 aliphatic rings. The van der Waals surface area contributed by atoms with Gasteiger partial charge < -0.3 is 4.90 Å². The van der Waals surface area contributed by atoms with Crippen LogP contribution in [0.25, 0.3) is 0 Å². The first-order valence-electron chi connectivity index (χ1n) is 6.99. The van der Waals surface area contributed by atoms with E-state index >= 15 is 0 Å². The molecule has 2 rings (SSSR count). The third-order valence-electron chi connectivity index (χ3n) is 3.24. The van der Waals surface area contributed by atoms with Crippen molar-refractivity contribution in [2.75, 3.05) is 24.5 Å². The average molecular weight is 359 g/mol. The van der Waals surface area contributed by atoms with Crippen molar-refractivity contribution >= 4 is 38.6 Å². The van der Waals surface area contributed by atoms with Crippen LogP contribution in [0.2, 0.25) is 4.34 Å². The number of sulfonamides is 1. The Bertz CT molecular complexity index is 729. The fourth-order valence-corrected chi connectivity index (χ4v) is 4.67. The zero-order valence-electron chi connectivity index (χ0n) is 12.5. The van der Waals surface area contributed by atoms with Gasteiger partial charge >= 0.3 is 0 Å². The second-order valence-electron chi connectivity index (χ2n) is 4.87. The largest absolute Gasteiger partial charge is 0.370 e. The van der Waals surface area contributed by atoms with Gasteiger partial charge in [-0.05, 0) is 43.7 Å². The molecule has 0 bridgehead atoms. The van der Waals surface area contributed by atoms with Gasteiger partial charge in [0.1, 0.15) is 4.21 Å². The van der Waals surface area contributed by atoms with Crippen LogP contribution in [0.5, 0.6) is 0 Å². The second-order valence-corrected chi connectivity index (χ2v) is 8.58. The van der Waals surface area contributed by atoms with Crippen LogP contribution in [0.4, 0.5) is 5.69 Å². The molecule has 1 aromatic carbocycles. The first-order chi connectivity index (χ1) is 10.4. The summed E-state index contributed by atoms with van der Waals surface area (Å²) in [6.07, 6.45) is 0. The van der Waals surface area contributed by atoms with Gasteiger partial charge in [0, 0.05) is 25.3 Å². The summed E-state index contributed by atoms with van der Waals surface area (Å²) < 4.78 is 27.6. The summed E-state index contributed by atoms with van der Waals surface area (Å²) in [5.74, 6) is 0. The molecule has 0 saturated carbocycles. The van der Waals surface area contributed by atoms with Gasteiger partial charge in [-0.3, -0.25) is 0 Å². The zero-order chi connectivity index (χ0) is 16.2. The molecule has 0 unspecified atom stereocenters. The molecule has 0 spiro atoms. The van der Waals surface area contributed by atoms with Crippen LogP contribution in [-0.2, 0) is 10.0 Å². The highest BCUT2D eigenvalue weighted by atomic mass is 35.5. The fraction of sp³-hybridized carbons (Fsp3) is 0.333. The van der Waals surface area contributed by atoms with E-state index in [4.69, 9.17) is 11.6 Å². The zero-order valence-corrected chi connectivity index (χ0v) is 14.9. The Morgan fingerprint density at radius 3 is 2.64 bits per heavy atom. The summed E-state index contributed by atoms with van der Waals surface area (Å²) in [4.78, 5) is 2.14. The Morgan fingerprint density at radius 2 is 2.05 bits per heavy atom. The van der Waals surface area contributed by atoms with Crippen molar-refractivity contribution in [3.05, 3.63) is 46.3 Å². The lowest BCUT2D eigenvalue weighted by atomic mass is 10.2. The number of benzene rings is 1. The Labute approximate surface area is 140 Å². The quantitative estimate of drug-likeness (QED) is 0.823. The van der Waals surface area contributed by atoms with Crippen LogP contribution in [0.1, 0.15) is 12.5 Å². The van der Waals surface area contributed by atoms with Crippen LogP contribution >= 0.6 is 22.9 Å². The van der Waals surface area contributed by atoms with Gasteiger partial charge in [0.15, 0.2) is 0 Å². The fourth-order valence-electron chi connectivity index (χ4n) is 2.12. The van der Waals surface area contributed by atoms with E-state index in [1.54, 1.807) is 6.07 Å². The molecule has 4 nitrogen and oxygen atoms in total. The summed E-state index contributed by atoms with van der Waals surface area (Å²) in [7, 11) is -3.48. The Hall–Kier alpha value is -1.08. The molecule has 0 atom stereocenters. The van der Waals surface area contributed by atoms with Crippen molar-refractivity contribution in [1.29, 1.82) is 0 Å². The van der Waals surface area contributed by atoms with Crippen molar-refractivity contribution in [2.24, 2.45) is 0 Å². The van der Waals surface area contributed by atoms with E-state index in [2.05, 4.69) is 22.6 Å². The maximum absolute atomic E-state index is 12.1. The number of hydrogen-bond donors (Lipinski definition) is 1. The number of likely N-dealkylation sites (N-methyl/N-ethyl adjacent to an activating group) is 1. The lowest BCUT2D eigenvalue weighted by Gasteiger charge is -2.23. The molecule has 120 valence electrons. The summed E-state index contributed by atoms with van der Waals surface area (Å²) >= 11 is 6.85. The minimum absolute atomic E-state index is 0.246. The van der Waals surface area contributed by atoms with Gasteiger partial charge in [-0.1, -0.05) is 23.7 Å². The normalized spacial score (nSPS) is 11.6. The number of aryl methyl sites for hydroxylation is 1. The molecule has 0 fully saturated rings. The molecule has 1 N–H and O–H groups in total. The molecule has 0 aliphatic carbocycles. The van der Waals surface area contributed by atoms with Gasteiger partial charge in [-0.2, -0.15) is 0 Å². The maximum Gasteiger partial charge on any atom is 0.250 e. The number of hydrogen-bond acceptors (Lipinski definition) is 4. The van der Waals surface area contributed by atoms with Gasteiger partial charge in [-0.25, -0.2) is 13.1 Å². The van der Waals surface area contributed by atoms with Crippen LogP contribution in [0.15, 0.2) is 40.6 Å². The maximum atomic E-state index is 12.1. The van der Waals surface area contributed by atoms with Gasteiger partial charge in [-0.15, -0.1) is 11.3 Å². The minimum Gasteiger partial charge on any atom is -0.370 e. The predicted octanol–water partition coefficient (Wildman–Crippen LogP) is 3.51. The summed E-state index contributed by atoms with van der Waals surface area (Å²) in [5.41, 5.74) is 2.28. The number of nitrogens with one attached hydrogen (secondary N) is 1. The van der Waals surface area contributed by atoms with Crippen LogP contribution in [0, 0.1) is 6.92 Å². The topological polar surface area (TPSA) is 49.4 Å². The highest BCUT2D eigenvalue weighted by Crippen LogP contribution is 2.25. The lowest BCUT2D eigenvalue weighted by Crippen LogP contribution is -2.34. The van der Waals surface area contributed by atoms with Crippen molar-refractivity contribution in [2.45, 2.75) is 18.1 Å². The van der Waals surface area contributed by atoms with Gasteiger partial charge in [0.2, 0.25) is 10.0 Å². The number of rotatable bonds is 7. The highest BCUT2D eigenvalue weighted by Gasteiger charge is 2.16. The third-order valence-corrected chi connectivity index (χ3v) is 6.42. The van der Waals surface area contributed by atoms with Crippen molar-refractivity contribution in [3.8, 4) is 0 Å². The monoisotopic (exact) mass is 358 g/mol. The minimum atomic E-state index is -3.48. The molecule has 0 saturated heterocycles. The first kappa shape index (κ1) is 17.3. The molecule has 0 radical (unpaired) electrons. The van der Waals surface area contributed by atoms with E-state index in [0.29, 0.717) is 17.4 Å². The van der Waals surface area contributed by atoms with E-state index in [-0.39, 0.29) is 4.21 Å². The molecule has 1 aromatic heterocycles. The molecule has 7 heteroatoms. The average Bonchev–Trinajstić information content (AvgIpc) is 2.91. The van der Waals surface area contributed by atoms with Crippen molar-refractivity contribution in [3.63, 3.8) is 0 Å². The van der Waals surface area contributed by atoms with Crippen molar-refractivity contribution < 1.29 is 8.42 Å². The summed E-state index contributed by atoms with van der Waals surface area (Å²) in [6.45, 7) is 5.87. The second kappa shape index (κ2) is 7.46. The van der Waals surface area contributed by atoms with Crippen molar-refractivity contribution in [1.82, 2.24) is 4.72 Å². The molecular weight excluding hydrogens is 340 g/mol. The molecular formula is C15H19ClN2O2S2. The van der Waals surface area contributed by atoms with Gasteiger partial charge in [0.25, 0.3) is 0 Å². The summed E-state index contributed by atoms with van der Waals surface area (Å²) in [6, 6.07) is 11.3. The molecule has 1 heterocycles. The lowest BCUT2D eigenvalue weighted by molar-refractivity contribution is 0.583. The standard InChI is InChI=1S/C15H19ClN2O2S2/c1-3-18(13-6-4-5-12(2)11-13)10-9-17-22(19,20)15-8-7-14(16)21-15/h4-8,11,17H,3,9-10H2,1-2H3. The van der Waals surface area contributed by atoms with Gasteiger partial charge in [0.05, 0.1) is 4.34 Å². The van der Waals surface area contributed by atoms with E-state index in [1.807, 2.05) is 25.1 Å². The van der Waals surface area contributed by atoms with E-state index in [0.717, 1.165) is 23.6 Å². The number of halogens is 1. The number of nitrogens with zero attached hydrogens (tertiary/aromatic N) is 1. The highest BCUT2D eigenvalue weighted by molar-refractivity contribution is 7.91. The molecule has 0 aliphatic heterocycles. The van der Waals surface area contributed by atoms with Crippen LogP contribution in [0.3, 0.4) is 0 Å². The first-order valence-corrected chi connectivity index (χ1v) is 9.67. The number of anilines is 1. The van der Waals surface area contributed by atoms with E-state index in [9.17, 15) is 8.42 Å². The van der Waals surface area contributed by atoms with Crippen LogP contribution in [-0.4, -0.2) is 28.1 Å². The van der Waals surface area contributed by atoms with E-state index in [1.165, 1.54) is 11.6 Å². The number of thiophene rings is 1.